The summed E-state index contributed by atoms with van der Waals surface area (Å²) in [5.74, 6) is -0.225. The van der Waals surface area contributed by atoms with Crippen LogP contribution in [0.4, 0.5) is 4.79 Å². The number of hydrogen-bond donors (Lipinski definition) is 0. The zero-order valence-electron chi connectivity index (χ0n) is 15.9. The van der Waals surface area contributed by atoms with Gasteiger partial charge >= 0.3 is 6.09 Å². The molecule has 0 aliphatic carbocycles. The average molecular weight is 385 g/mol. The molecule has 1 aromatic rings. The van der Waals surface area contributed by atoms with Gasteiger partial charge in [-0.05, 0) is 40.2 Å². The van der Waals surface area contributed by atoms with Gasteiger partial charge in [0.05, 0.1) is 19.3 Å². The second-order valence-electron chi connectivity index (χ2n) is 7.73. The first-order chi connectivity index (χ1) is 11.9. The van der Waals surface area contributed by atoms with Crippen LogP contribution in [-0.4, -0.2) is 50.0 Å². The van der Waals surface area contributed by atoms with Gasteiger partial charge in [-0.2, -0.15) is 8.42 Å². The Hall–Kier alpha value is -1.64. The van der Waals surface area contributed by atoms with Crippen LogP contribution >= 0.6 is 0 Å². The number of ether oxygens (including phenoxy) is 2. The van der Waals surface area contributed by atoms with Gasteiger partial charge in [0, 0.05) is 0 Å². The molecule has 0 N–H and O–H groups in total. The number of amides is 1. The Balaban J connectivity index is 2.04. The number of rotatable bonds is 5. The predicted octanol–water partition coefficient (Wildman–Crippen LogP) is 2.91. The third kappa shape index (κ3) is 5.69. The molecule has 0 spiro atoms. The monoisotopic (exact) mass is 385 g/mol. The highest BCUT2D eigenvalue weighted by Gasteiger charge is 2.46. The van der Waals surface area contributed by atoms with Crippen LogP contribution < -0.4 is 0 Å². The van der Waals surface area contributed by atoms with Crippen molar-refractivity contribution in [1.29, 1.82) is 0 Å². The van der Waals surface area contributed by atoms with Crippen LogP contribution in [0.15, 0.2) is 30.3 Å². The molecule has 1 aromatic carbocycles. The van der Waals surface area contributed by atoms with Gasteiger partial charge in [0.2, 0.25) is 0 Å². The average Bonchev–Trinajstić information content (AvgIpc) is 2.79. The summed E-state index contributed by atoms with van der Waals surface area (Å²) in [6, 6.07) is 8.23. The van der Waals surface area contributed by atoms with Crippen molar-refractivity contribution in [2.75, 3.05) is 13.2 Å². The molecule has 146 valence electrons. The Morgan fingerprint density at radius 1 is 1.27 bits per heavy atom. The van der Waals surface area contributed by atoms with E-state index in [1.807, 2.05) is 6.07 Å². The molecule has 2 rings (SSSR count). The molecule has 8 heteroatoms. The van der Waals surface area contributed by atoms with Crippen LogP contribution in [0.3, 0.4) is 0 Å². The summed E-state index contributed by atoms with van der Waals surface area (Å²) in [6.07, 6.45) is -0.561. The molecule has 0 saturated carbocycles. The van der Waals surface area contributed by atoms with Gasteiger partial charge in [-0.15, -0.1) is 0 Å². The number of nitrogens with zero attached hydrogens (tertiary/aromatic N) is 1. The second-order valence-corrected chi connectivity index (χ2v) is 9.37. The standard InChI is InChI=1S/C18H27NO6S/c1-17(2,3)25-16(20)19-15(11-23-18(19,4)5)12-24-26(21,22)13-14-9-7-6-8-10-14/h6-10,15H,11-13H2,1-5H3/t15-/m1/s1. The van der Waals surface area contributed by atoms with Crippen molar-refractivity contribution >= 4 is 16.2 Å². The molecule has 1 aliphatic heterocycles. The highest BCUT2D eigenvalue weighted by atomic mass is 32.2. The van der Waals surface area contributed by atoms with Gasteiger partial charge in [-0.3, -0.25) is 9.08 Å². The molecule has 1 saturated heterocycles. The summed E-state index contributed by atoms with van der Waals surface area (Å²) in [6.45, 7) is 8.76. The Morgan fingerprint density at radius 2 is 1.88 bits per heavy atom. The Kier molecular flexibility index (Phi) is 5.99. The van der Waals surface area contributed by atoms with Crippen LogP contribution in [-0.2, 0) is 29.5 Å². The van der Waals surface area contributed by atoms with Crippen LogP contribution in [0, 0.1) is 0 Å². The molecule has 26 heavy (non-hydrogen) atoms. The minimum Gasteiger partial charge on any atom is -0.444 e. The summed E-state index contributed by atoms with van der Waals surface area (Å²) >= 11 is 0. The summed E-state index contributed by atoms with van der Waals surface area (Å²) in [5.41, 5.74) is -0.931. The summed E-state index contributed by atoms with van der Waals surface area (Å²) in [7, 11) is -3.78. The topological polar surface area (TPSA) is 82.1 Å². The zero-order chi connectivity index (χ0) is 19.6. The molecular formula is C18H27NO6S. The van der Waals surface area contributed by atoms with Crippen molar-refractivity contribution in [3.05, 3.63) is 35.9 Å². The zero-order valence-corrected chi connectivity index (χ0v) is 16.7. The number of carbonyl (C=O) groups is 1. The maximum absolute atomic E-state index is 12.5. The van der Waals surface area contributed by atoms with Gasteiger partial charge in [-0.25, -0.2) is 4.79 Å². The lowest BCUT2D eigenvalue weighted by Crippen LogP contribution is -2.51. The van der Waals surface area contributed by atoms with E-state index in [1.54, 1.807) is 58.9 Å². The predicted molar refractivity (Wildman–Crippen MR) is 96.9 cm³/mol. The van der Waals surface area contributed by atoms with Crippen molar-refractivity contribution in [3.8, 4) is 0 Å². The summed E-state index contributed by atoms with van der Waals surface area (Å²) in [5, 5.41) is 0. The molecule has 0 bridgehead atoms. The molecule has 7 nitrogen and oxygen atoms in total. The first-order valence-corrected chi connectivity index (χ1v) is 10.0. The Bertz CT molecular complexity index is 724. The van der Waals surface area contributed by atoms with E-state index in [-0.39, 0.29) is 19.0 Å². The second kappa shape index (κ2) is 7.54. The third-order valence-electron chi connectivity index (χ3n) is 3.79. The lowest BCUT2D eigenvalue weighted by atomic mass is 10.2. The van der Waals surface area contributed by atoms with Crippen molar-refractivity contribution < 1.29 is 26.9 Å². The van der Waals surface area contributed by atoms with E-state index in [0.29, 0.717) is 5.56 Å². The van der Waals surface area contributed by atoms with E-state index in [2.05, 4.69) is 0 Å². The Morgan fingerprint density at radius 3 is 2.46 bits per heavy atom. The fourth-order valence-corrected chi connectivity index (χ4v) is 3.74. The fourth-order valence-electron chi connectivity index (χ4n) is 2.69. The van der Waals surface area contributed by atoms with Gasteiger partial charge < -0.3 is 9.47 Å². The quantitative estimate of drug-likeness (QED) is 0.725. The van der Waals surface area contributed by atoms with Crippen LogP contribution in [0.5, 0.6) is 0 Å². The largest absolute Gasteiger partial charge is 0.444 e. The van der Waals surface area contributed by atoms with E-state index < -0.39 is 33.6 Å². The number of carbonyl (C=O) groups excluding carboxylic acids is 1. The van der Waals surface area contributed by atoms with E-state index in [4.69, 9.17) is 13.7 Å². The highest BCUT2D eigenvalue weighted by Crippen LogP contribution is 2.29. The molecule has 1 atom stereocenters. The summed E-state index contributed by atoms with van der Waals surface area (Å²) < 4.78 is 40.7. The normalized spacial score (nSPS) is 20.2. The molecule has 1 fully saturated rings. The maximum Gasteiger partial charge on any atom is 0.412 e. The number of benzene rings is 1. The molecule has 0 radical (unpaired) electrons. The molecule has 1 amide bonds. The lowest BCUT2D eigenvalue weighted by Gasteiger charge is -2.34. The van der Waals surface area contributed by atoms with Crippen molar-refractivity contribution in [1.82, 2.24) is 4.90 Å². The molecule has 1 aliphatic rings. The minimum absolute atomic E-state index is 0.174. The van der Waals surface area contributed by atoms with Crippen LogP contribution in [0.25, 0.3) is 0 Å². The van der Waals surface area contributed by atoms with Crippen molar-refractivity contribution in [2.24, 2.45) is 0 Å². The van der Waals surface area contributed by atoms with E-state index >= 15 is 0 Å². The van der Waals surface area contributed by atoms with Gasteiger partial charge in [0.25, 0.3) is 10.1 Å². The minimum atomic E-state index is -3.78. The highest BCUT2D eigenvalue weighted by molar-refractivity contribution is 7.85. The summed E-state index contributed by atoms with van der Waals surface area (Å²) in [4.78, 5) is 13.9. The van der Waals surface area contributed by atoms with Gasteiger partial charge in [0.1, 0.15) is 17.1 Å². The number of hydrogen-bond acceptors (Lipinski definition) is 6. The Labute approximate surface area is 155 Å². The first-order valence-electron chi connectivity index (χ1n) is 8.47. The first kappa shape index (κ1) is 20.7. The van der Waals surface area contributed by atoms with E-state index in [9.17, 15) is 13.2 Å². The van der Waals surface area contributed by atoms with E-state index in [1.165, 1.54) is 4.90 Å². The third-order valence-corrected chi connectivity index (χ3v) is 4.97. The lowest BCUT2D eigenvalue weighted by molar-refractivity contribution is -0.0637. The smallest absolute Gasteiger partial charge is 0.412 e. The van der Waals surface area contributed by atoms with Gasteiger partial charge in [0.15, 0.2) is 0 Å². The molecule has 1 heterocycles. The van der Waals surface area contributed by atoms with E-state index in [0.717, 1.165) is 0 Å². The van der Waals surface area contributed by atoms with Crippen LogP contribution in [0.2, 0.25) is 0 Å². The molecule has 0 unspecified atom stereocenters. The fraction of sp³-hybridized carbons (Fsp3) is 0.611. The SMILES string of the molecule is CC(C)(C)OC(=O)N1[C@@H](COS(=O)(=O)Cc2ccccc2)COC1(C)C. The molecule has 0 aromatic heterocycles. The van der Waals surface area contributed by atoms with Crippen molar-refractivity contribution in [2.45, 2.75) is 57.7 Å². The van der Waals surface area contributed by atoms with Crippen molar-refractivity contribution in [3.63, 3.8) is 0 Å². The van der Waals surface area contributed by atoms with Gasteiger partial charge in [-0.1, -0.05) is 30.3 Å². The maximum atomic E-state index is 12.5. The molecular weight excluding hydrogens is 358 g/mol. The van der Waals surface area contributed by atoms with Crippen LogP contribution in [0.1, 0.15) is 40.2 Å².